The van der Waals surface area contributed by atoms with Gasteiger partial charge in [0.05, 0.1) is 6.54 Å². The van der Waals surface area contributed by atoms with E-state index in [-0.39, 0.29) is 12.6 Å². The SMILES string of the molecule is CC1CCCCN1C(=O)N1CCCN(CC(=O)O)CC1. The Hall–Kier alpha value is -1.30. The van der Waals surface area contributed by atoms with E-state index in [1.165, 1.54) is 6.42 Å². The van der Waals surface area contributed by atoms with E-state index in [2.05, 4.69) is 6.92 Å². The van der Waals surface area contributed by atoms with E-state index in [0.29, 0.717) is 19.1 Å². The normalized spacial score (nSPS) is 25.4. The van der Waals surface area contributed by atoms with Crippen molar-refractivity contribution in [2.75, 3.05) is 39.3 Å². The van der Waals surface area contributed by atoms with E-state index in [4.69, 9.17) is 5.11 Å². The fourth-order valence-electron chi connectivity index (χ4n) is 3.08. The molecule has 0 radical (unpaired) electrons. The van der Waals surface area contributed by atoms with Gasteiger partial charge in [0.15, 0.2) is 0 Å². The molecule has 0 aliphatic carbocycles. The van der Waals surface area contributed by atoms with Crippen LogP contribution in [-0.4, -0.2) is 77.1 Å². The van der Waals surface area contributed by atoms with Crippen molar-refractivity contribution >= 4 is 12.0 Å². The molecule has 0 bridgehead atoms. The van der Waals surface area contributed by atoms with Crippen LogP contribution in [0.1, 0.15) is 32.6 Å². The summed E-state index contributed by atoms with van der Waals surface area (Å²) in [5, 5.41) is 8.84. The molecule has 0 saturated carbocycles. The zero-order valence-corrected chi connectivity index (χ0v) is 12.3. The summed E-state index contributed by atoms with van der Waals surface area (Å²) in [5.41, 5.74) is 0. The number of carbonyl (C=O) groups is 2. The molecule has 2 heterocycles. The molecule has 6 heteroatoms. The van der Waals surface area contributed by atoms with Gasteiger partial charge in [0.2, 0.25) is 0 Å². The monoisotopic (exact) mass is 283 g/mol. The van der Waals surface area contributed by atoms with Gasteiger partial charge in [-0.25, -0.2) is 4.79 Å². The van der Waals surface area contributed by atoms with Crippen molar-refractivity contribution in [3.63, 3.8) is 0 Å². The van der Waals surface area contributed by atoms with Crippen LogP contribution < -0.4 is 0 Å². The molecule has 2 amide bonds. The molecule has 114 valence electrons. The van der Waals surface area contributed by atoms with Gasteiger partial charge < -0.3 is 14.9 Å². The summed E-state index contributed by atoms with van der Waals surface area (Å²) in [6.07, 6.45) is 4.23. The minimum absolute atomic E-state index is 0.0716. The standard InChI is InChI=1S/C14H25N3O3/c1-12-5-2-3-8-17(12)14(20)16-7-4-6-15(9-10-16)11-13(18)19/h12H,2-11H2,1H3,(H,18,19). The van der Waals surface area contributed by atoms with E-state index in [9.17, 15) is 9.59 Å². The third-order valence-corrected chi connectivity index (χ3v) is 4.27. The summed E-state index contributed by atoms with van der Waals surface area (Å²) in [6, 6.07) is 0.462. The van der Waals surface area contributed by atoms with Crippen molar-refractivity contribution in [2.45, 2.75) is 38.6 Å². The van der Waals surface area contributed by atoms with Crippen molar-refractivity contribution in [3.8, 4) is 0 Å². The molecule has 1 unspecified atom stereocenters. The summed E-state index contributed by atoms with van der Waals surface area (Å²) in [5.74, 6) is -0.797. The Morgan fingerprint density at radius 3 is 2.55 bits per heavy atom. The number of hydrogen-bond donors (Lipinski definition) is 1. The smallest absolute Gasteiger partial charge is 0.320 e. The number of amides is 2. The summed E-state index contributed by atoms with van der Waals surface area (Å²) >= 11 is 0. The highest BCUT2D eigenvalue weighted by molar-refractivity contribution is 5.75. The predicted octanol–water partition coefficient (Wildman–Crippen LogP) is 1.07. The molecule has 2 aliphatic heterocycles. The van der Waals surface area contributed by atoms with Crippen LogP contribution in [-0.2, 0) is 4.79 Å². The number of rotatable bonds is 2. The number of piperidine rings is 1. The fourth-order valence-corrected chi connectivity index (χ4v) is 3.08. The molecule has 0 aromatic rings. The molecule has 0 aromatic heterocycles. The lowest BCUT2D eigenvalue weighted by Gasteiger charge is -2.37. The van der Waals surface area contributed by atoms with Gasteiger partial charge in [-0.05, 0) is 32.6 Å². The minimum atomic E-state index is -0.797. The van der Waals surface area contributed by atoms with E-state index in [1.54, 1.807) is 0 Å². The van der Waals surface area contributed by atoms with Crippen LogP contribution in [0.2, 0.25) is 0 Å². The molecule has 0 aromatic carbocycles. The topological polar surface area (TPSA) is 64.1 Å². The molecular weight excluding hydrogens is 258 g/mol. The first-order valence-corrected chi connectivity index (χ1v) is 7.57. The third kappa shape index (κ3) is 3.85. The van der Waals surface area contributed by atoms with Crippen LogP contribution in [0.3, 0.4) is 0 Å². The van der Waals surface area contributed by atoms with Gasteiger partial charge in [-0.2, -0.15) is 0 Å². The van der Waals surface area contributed by atoms with Crippen LogP contribution in [0, 0.1) is 0 Å². The Morgan fingerprint density at radius 2 is 1.85 bits per heavy atom. The largest absolute Gasteiger partial charge is 0.480 e. The van der Waals surface area contributed by atoms with Gasteiger partial charge in [0, 0.05) is 38.8 Å². The number of carboxylic acid groups (broad SMARTS) is 1. The van der Waals surface area contributed by atoms with Gasteiger partial charge in [0.25, 0.3) is 0 Å². The maximum Gasteiger partial charge on any atom is 0.320 e. The highest BCUT2D eigenvalue weighted by Gasteiger charge is 2.28. The molecule has 0 spiro atoms. The van der Waals surface area contributed by atoms with Crippen LogP contribution in [0.4, 0.5) is 4.79 Å². The Bertz CT molecular complexity index is 362. The molecule has 6 nitrogen and oxygen atoms in total. The summed E-state index contributed by atoms with van der Waals surface area (Å²) in [6.45, 7) is 5.82. The first-order valence-electron chi connectivity index (χ1n) is 7.57. The second-order valence-corrected chi connectivity index (χ2v) is 5.83. The second-order valence-electron chi connectivity index (χ2n) is 5.83. The van der Waals surface area contributed by atoms with Crippen molar-refractivity contribution in [3.05, 3.63) is 0 Å². The van der Waals surface area contributed by atoms with Crippen LogP contribution in [0.5, 0.6) is 0 Å². The molecule has 2 aliphatic rings. The zero-order chi connectivity index (χ0) is 14.5. The quantitative estimate of drug-likeness (QED) is 0.823. The number of carboxylic acids is 1. The molecule has 1 N–H and O–H groups in total. The fraction of sp³-hybridized carbons (Fsp3) is 0.857. The van der Waals surface area contributed by atoms with Crippen LogP contribution in [0.15, 0.2) is 0 Å². The first kappa shape index (κ1) is 15.1. The van der Waals surface area contributed by atoms with Crippen molar-refractivity contribution < 1.29 is 14.7 Å². The highest BCUT2D eigenvalue weighted by Crippen LogP contribution is 2.18. The van der Waals surface area contributed by atoms with Gasteiger partial charge in [-0.3, -0.25) is 9.69 Å². The summed E-state index contributed by atoms with van der Waals surface area (Å²) in [4.78, 5) is 29.1. The lowest BCUT2D eigenvalue weighted by molar-refractivity contribution is -0.138. The van der Waals surface area contributed by atoms with E-state index >= 15 is 0 Å². The lowest BCUT2D eigenvalue weighted by Crippen LogP contribution is -2.50. The molecule has 20 heavy (non-hydrogen) atoms. The molecule has 1 atom stereocenters. The Balaban J connectivity index is 1.89. The Kier molecular flexibility index (Phi) is 5.23. The van der Waals surface area contributed by atoms with Gasteiger partial charge in [-0.1, -0.05) is 0 Å². The summed E-state index contributed by atoms with van der Waals surface area (Å²) < 4.78 is 0. The van der Waals surface area contributed by atoms with E-state index in [0.717, 1.165) is 38.9 Å². The molecule has 2 saturated heterocycles. The molecular formula is C14H25N3O3. The number of hydrogen-bond acceptors (Lipinski definition) is 3. The highest BCUT2D eigenvalue weighted by atomic mass is 16.4. The maximum atomic E-state index is 12.6. The summed E-state index contributed by atoms with van der Waals surface area (Å²) in [7, 11) is 0. The second kappa shape index (κ2) is 6.92. The van der Waals surface area contributed by atoms with Gasteiger partial charge in [0.1, 0.15) is 0 Å². The van der Waals surface area contributed by atoms with Crippen molar-refractivity contribution in [2.24, 2.45) is 0 Å². The van der Waals surface area contributed by atoms with Crippen LogP contribution >= 0.6 is 0 Å². The molecule has 2 rings (SSSR count). The minimum Gasteiger partial charge on any atom is -0.480 e. The Labute approximate surface area is 120 Å². The number of urea groups is 1. The van der Waals surface area contributed by atoms with E-state index in [1.807, 2.05) is 14.7 Å². The maximum absolute atomic E-state index is 12.6. The number of carbonyl (C=O) groups excluding carboxylic acids is 1. The lowest BCUT2D eigenvalue weighted by atomic mass is 10.0. The predicted molar refractivity (Wildman–Crippen MR) is 75.7 cm³/mol. The zero-order valence-electron chi connectivity index (χ0n) is 12.3. The number of aliphatic carboxylic acids is 1. The van der Waals surface area contributed by atoms with E-state index < -0.39 is 5.97 Å². The third-order valence-electron chi connectivity index (χ3n) is 4.27. The van der Waals surface area contributed by atoms with Crippen LogP contribution in [0.25, 0.3) is 0 Å². The number of nitrogens with zero attached hydrogens (tertiary/aromatic N) is 3. The van der Waals surface area contributed by atoms with Gasteiger partial charge in [-0.15, -0.1) is 0 Å². The van der Waals surface area contributed by atoms with Crippen molar-refractivity contribution in [1.29, 1.82) is 0 Å². The van der Waals surface area contributed by atoms with Gasteiger partial charge >= 0.3 is 12.0 Å². The first-order chi connectivity index (χ1) is 9.58. The van der Waals surface area contributed by atoms with Crippen molar-refractivity contribution in [1.82, 2.24) is 14.7 Å². The average molecular weight is 283 g/mol. The number of likely N-dealkylation sites (tertiary alicyclic amines) is 1. The average Bonchev–Trinajstić information content (AvgIpc) is 2.63. The Morgan fingerprint density at radius 1 is 1.05 bits per heavy atom. The molecule has 2 fully saturated rings.